The summed E-state index contributed by atoms with van der Waals surface area (Å²) in [6, 6.07) is 67.0. The second-order valence-corrected chi connectivity index (χ2v) is 17.7. The number of para-hydroxylation sites is 2. The van der Waals surface area contributed by atoms with E-state index in [4.69, 9.17) is 0 Å². The quantitative estimate of drug-likeness (QED) is 0.142. The van der Waals surface area contributed by atoms with Gasteiger partial charge in [0.1, 0.15) is 0 Å². The van der Waals surface area contributed by atoms with Crippen LogP contribution in [0.2, 0.25) is 0 Å². The molecule has 0 atom stereocenters. The van der Waals surface area contributed by atoms with Crippen molar-refractivity contribution < 1.29 is 0 Å². The molecule has 2 nitrogen and oxygen atoms in total. The number of rotatable bonds is 8. The van der Waals surface area contributed by atoms with E-state index in [2.05, 4.69) is 245 Å². The maximum Gasteiger partial charge on any atom is 0.0465 e. The zero-order valence-electron chi connectivity index (χ0n) is 35.4. The van der Waals surface area contributed by atoms with Crippen LogP contribution in [0.4, 0.5) is 34.1 Å². The Labute approximate surface area is 355 Å². The van der Waals surface area contributed by atoms with Gasteiger partial charge in [-0.05, 0) is 153 Å². The molecule has 0 spiro atoms. The van der Waals surface area contributed by atoms with Crippen molar-refractivity contribution in [3.63, 3.8) is 0 Å². The second-order valence-electron chi connectivity index (χ2n) is 17.7. The van der Waals surface area contributed by atoms with Crippen molar-refractivity contribution in [3.8, 4) is 22.3 Å². The standard InChI is InChI=1S/C58H50N2/c1-39-15-13-21-45(33-39)60(46-22-14-16-40(2)34-46)48-28-32-52-50-30-26-42(36-54(50)58(5,6)56(52)38-48)24-23-41-25-29-49-51-31-27-47(37-55(51)57(3,4)53(49)35-41)59(43-17-9-7-10-18-43)44-19-11-8-12-20-44/h7-38H,1-6H3/b24-23+. The van der Waals surface area contributed by atoms with Crippen LogP contribution in [0, 0.1) is 13.8 Å². The molecule has 0 saturated heterocycles. The van der Waals surface area contributed by atoms with Crippen LogP contribution in [0.1, 0.15) is 72.2 Å². The zero-order valence-corrected chi connectivity index (χ0v) is 35.4. The molecule has 2 heteroatoms. The minimum atomic E-state index is -0.159. The second kappa shape index (κ2) is 14.4. The minimum absolute atomic E-state index is 0.153. The third-order valence-electron chi connectivity index (χ3n) is 12.9. The molecule has 0 heterocycles. The molecule has 2 aliphatic rings. The van der Waals surface area contributed by atoms with E-state index < -0.39 is 0 Å². The Bertz CT molecular complexity index is 2870. The van der Waals surface area contributed by atoms with Gasteiger partial charge in [0.25, 0.3) is 0 Å². The summed E-state index contributed by atoms with van der Waals surface area (Å²) in [7, 11) is 0. The molecule has 0 N–H and O–H groups in total. The first-order valence-electron chi connectivity index (χ1n) is 21.2. The lowest BCUT2D eigenvalue weighted by molar-refractivity contribution is 0.660. The molecule has 0 fully saturated rings. The van der Waals surface area contributed by atoms with Crippen molar-refractivity contribution in [1.82, 2.24) is 0 Å². The number of aryl methyl sites for hydroxylation is 2. The molecule has 8 aromatic rings. The van der Waals surface area contributed by atoms with Crippen molar-refractivity contribution in [1.29, 1.82) is 0 Å². The fourth-order valence-electron chi connectivity index (χ4n) is 9.75. The summed E-state index contributed by atoms with van der Waals surface area (Å²) < 4.78 is 0. The van der Waals surface area contributed by atoms with E-state index in [0.29, 0.717) is 0 Å². The maximum atomic E-state index is 2.42. The summed E-state index contributed by atoms with van der Waals surface area (Å²) in [4.78, 5) is 4.75. The highest BCUT2D eigenvalue weighted by atomic mass is 15.1. The lowest BCUT2D eigenvalue weighted by atomic mass is 9.81. The number of anilines is 6. The summed E-state index contributed by atoms with van der Waals surface area (Å²) >= 11 is 0. The average Bonchev–Trinajstić information content (AvgIpc) is 3.62. The Morgan fingerprint density at radius 2 is 0.650 bits per heavy atom. The number of hydrogen-bond donors (Lipinski definition) is 0. The van der Waals surface area contributed by atoms with Crippen LogP contribution in [-0.2, 0) is 10.8 Å². The van der Waals surface area contributed by atoms with E-state index in [9.17, 15) is 0 Å². The minimum Gasteiger partial charge on any atom is -0.310 e. The van der Waals surface area contributed by atoms with Crippen molar-refractivity contribution in [2.24, 2.45) is 0 Å². The van der Waals surface area contributed by atoms with Crippen LogP contribution in [0.5, 0.6) is 0 Å². The van der Waals surface area contributed by atoms with Gasteiger partial charge in [-0.1, -0.05) is 149 Å². The monoisotopic (exact) mass is 774 g/mol. The molecule has 60 heavy (non-hydrogen) atoms. The molecule has 0 saturated carbocycles. The number of benzene rings is 8. The van der Waals surface area contributed by atoms with Gasteiger partial charge in [-0.25, -0.2) is 0 Å². The van der Waals surface area contributed by atoms with Crippen LogP contribution < -0.4 is 9.80 Å². The molecule has 2 aliphatic carbocycles. The van der Waals surface area contributed by atoms with Crippen LogP contribution in [0.25, 0.3) is 34.4 Å². The molecule has 0 aromatic heterocycles. The van der Waals surface area contributed by atoms with Gasteiger partial charge in [-0.2, -0.15) is 0 Å². The lowest BCUT2D eigenvalue weighted by Gasteiger charge is -2.28. The smallest absolute Gasteiger partial charge is 0.0465 e. The molecule has 10 rings (SSSR count). The third-order valence-corrected chi connectivity index (χ3v) is 12.9. The Balaban J connectivity index is 0.945. The number of hydrogen-bond acceptors (Lipinski definition) is 2. The molecule has 0 bridgehead atoms. The Kier molecular flexibility index (Phi) is 8.99. The first kappa shape index (κ1) is 37.4. The molecule has 0 unspecified atom stereocenters. The highest BCUT2D eigenvalue weighted by Crippen LogP contribution is 2.53. The van der Waals surface area contributed by atoms with Gasteiger partial charge in [-0.3, -0.25) is 0 Å². The molecular weight excluding hydrogens is 725 g/mol. The van der Waals surface area contributed by atoms with Crippen LogP contribution in [-0.4, -0.2) is 0 Å². The van der Waals surface area contributed by atoms with Crippen LogP contribution in [0.15, 0.2) is 182 Å². The van der Waals surface area contributed by atoms with Crippen molar-refractivity contribution in [2.75, 3.05) is 9.80 Å². The normalized spacial score (nSPS) is 14.0. The third kappa shape index (κ3) is 6.35. The predicted octanol–water partition coefficient (Wildman–Crippen LogP) is 16.0. The topological polar surface area (TPSA) is 6.48 Å². The largest absolute Gasteiger partial charge is 0.310 e. The highest BCUT2D eigenvalue weighted by Gasteiger charge is 2.37. The van der Waals surface area contributed by atoms with Gasteiger partial charge >= 0.3 is 0 Å². The van der Waals surface area contributed by atoms with Gasteiger partial charge in [0, 0.05) is 45.0 Å². The summed E-state index contributed by atoms with van der Waals surface area (Å²) in [5, 5.41) is 0. The van der Waals surface area contributed by atoms with Crippen molar-refractivity contribution >= 4 is 46.3 Å². The van der Waals surface area contributed by atoms with Crippen LogP contribution >= 0.6 is 0 Å². The highest BCUT2D eigenvalue weighted by molar-refractivity contribution is 5.89. The van der Waals surface area contributed by atoms with E-state index in [1.165, 1.54) is 89.5 Å². The van der Waals surface area contributed by atoms with Gasteiger partial charge < -0.3 is 9.80 Å². The van der Waals surface area contributed by atoms with Gasteiger partial charge in [-0.15, -0.1) is 0 Å². The first-order valence-corrected chi connectivity index (χ1v) is 21.2. The van der Waals surface area contributed by atoms with E-state index >= 15 is 0 Å². The van der Waals surface area contributed by atoms with Crippen molar-refractivity contribution in [3.05, 3.63) is 226 Å². The van der Waals surface area contributed by atoms with Gasteiger partial charge in [0.15, 0.2) is 0 Å². The number of fused-ring (bicyclic) bond motifs is 6. The van der Waals surface area contributed by atoms with Crippen molar-refractivity contribution in [2.45, 2.75) is 52.4 Å². The molecule has 0 aliphatic heterocycles. The number of nitrogens with zero attached hydrogens (tertiary/aromatic N) is 2. The Morgan fingerprint density at radius 1 is 0.317 bits per heavy atom. The molecule has 0 radical (unpaired) electrons. The summed E-state index contributed by atoms with van der Waals surface area (Å²) in [5.41, 5.74) is 22.3. The Hall–Kier alpha value is -6.90. The Morgan fingerprint density at radius 3 is 1.05 bits per heavy atom. The first-order chi connectivity index (χ1) is 29.1. The average molecular weight is 775 g/mol. The summed E-state index contributed by atoms with van der Waals surface area (Å²) in [6.45, 7) is 13.8. The SMILES string of the molecule is Cc1cccc(N(c2cccc(C)c2)c2ccc3c(c2)C(C)(C)c2cc(/C=C/c4ccc5c(c4)C(C)(C)c4cc(N(c6ccccc6)c6ccccc6)ccc4-5)ccc2-3)c1. The van der Waals surface area contributed by atoms with E-state index in [1.807, 2.05) is 0 Å². The fourth-order valence-corrected chi connectivity index (χ4v) is 9.75. The molecule has 8 aromatic carbocycles. The summed E-state index contributed by atoms with van der Waals surface area (Å²) in [5.74, 6) is 0. The molecular formula is C58H50N2. The lowest BCUT2D eigenvalue weighted by Crippen LogP contribution is -2.17. The van der Waals surface area contributed by atoms with Gasteiger partial charge in [0.05, 0.1) is 0 Å². The summed E-state index contributed by atoms with van der Waals surface area (Å²) in [6.07, 6.45) is 4.57. The van der Waals surface area contributed by atoms with E-state index in [1.54, 1.807) is 0 Å². The maximum absolute atomic E-state index is 2.42. The molecule has 292 valence electrons. The van der Waals surface area contributed by atoms with Gasteiger partial charge in [0.2, 0.25) is 0 Å². The molecule has 0 amide bonds. The fraction of sp³-hybridized carbons (Fsp3) is 0.138. The van der Waals surface area contributed by atoms with E-state index in [-0.39, 0.29) is 10.8 Å². The van der Waals surface area contributed by atoms with Crippen LogP contribution in [0.3, 0.4) is 0 Å². The van der Waals surface area contributed by atoms with E-state index in [0.717, 1.165) is 11.4 Å². The predicted molar refractivity (Wildman–Crippen MR) is 256 cm³/mol. The zero-order chi connectivity index (χ0) is 41.2.